The summed E-state index contributed by atoms with van der Waals surface area (Å²) < 4.78 is 10.7. The van der Waals surface area contributed by atoms with Crippen LogP contribution in [0.15, 0.2) is 59.4 Å². The number of aromatic amines is 1. The quantitative estimate of drug-likeness (QED) is 0.337. The Morgan fingerprint density at radius 1 is 1.29 bits per heavy atom. The Labute approximate surface area is 192 Å². The number of hydrogen-bond donors (Lipinski definition) is 2. The van der Waals surface area contributed by atoms with Gasteiger partial charge in [0.2, 0.25) is 11.7 Å². The van der Waals surface area contributed by atoms with Crippen molar-refractivity contribution in [2.75, 3.05) is 12.4 Å². The number of amides is 2. The molecule has 12 heteroatoms. The zero-order chi connectivity index (χ0) is 23.7. The lowest BCUT2D eigenvalue weighted by Crippen LogP contribution is -2.41. The molecule has 0 fully saturated rings. The molecule has 1 aliphatic rings. The maximum Gasteiger partial charge on any atom is 0.322 e. The van der Waals surface area contributed by atoms with Crippen molar-refractivity contribution in [2.24, 2.45) is 0 Å². The van der Waals surface area contributed by atoms with E-state index in [0.717, 1.165) is 11.4 Å². The summed E-state index contributed by atoms with van der Waals surface area (Å²) in [5.41, 5.74) is 2.58. The normalized spacial score (nSPS) is 15.0. The van der Waals surface area contributed by atoms with Crippen molar-refractivity contribution in [1.82, 2.24) is 25.0 Å². The van der Waals surface area contributed by atoms with Crippen molar-refractivity contribution in [3.05, 3.63) is 82.3 Å². The maximum atomic E-state index is 13.2. The summed E-state index contributed by atoms with van der Waals surface area (Å²) in [7, 11) is 1.57. The molecule has 0 aliphatic carbocycles. The molecule has 0 bridgehead atoms. The molecule has 12 nitrogen and oxygen atoms in total. The Morgan fingerprint density at radius 2 is 2.12 bits per heavy atom. The average molecular weight is 461 g/mol. The Balaban J connectivity index is 1.43. The fourth-order valence-electron chi connectivity index (χ4n) is 3.79. The van der Waals surface area contributed by atoms with Crippen molar-refractivity contribution in [2.45, 2.75) is 19.0 Å². The summed E-state index contributed by atoms with van der Waals surface area (Å²) in [6.07, 6.45) is 1.94. The predicted molar refractivity (Wildman–Crippen MR) is 119 cm³/mol. The summed E-state index contributed by atoms with van der Waals surface area (Å²) in [6, 6.07) is 12.0. The van der Waals surface area contributed by atoms with Crippen LogP contribution >= 0.6 is 0 Å². The molecule has 2 N–H and O–H groups in total. The first kappa shape index (κ1) is 21.1. The van der Waals surface area contributed by atoms with Gasteiger partial charge in [0.1, 0.15) is 11.8 Å². The van der Waals surface area contributed by atoms with E-state index in [4.69, 9.17) is 9.26 Å². The number of aromatic nitrogens is 4. The fraction of sp³-hybridized carbons (Fsp3) is 0.182. The molecule has 1 atom stereocenters. The number of nitrogens with one attached hydrogen (secondary N) is 2. The number of rotatable bonds is 5. The van der Waals surface area contributed by atoms with Crippen LogP contribution in [0, 0.1) is 10.1 Å². The minimum absolute atomic E-state index is 0.0804. The van der Waals surface area contributed by atoms with Gasteiger partial charge in [0, 0.05) is 29.8 Å². The molecule has 2 aromatic carbocycles. The van der Waals surface area contributed by atoms with Crippen LogP contribution in [-0.2, 0) is 13.0 Å². The van der Waals surface area contributed by atoms with Crippen LogP contribution in [0.2, 0.25) is 0 Å². The standard InChI is InChI=1S/C22H19N7O5/c1-33-16-7-5-14(6-8-16)25-22(30)28-11-18-17(23-12-24-18)10-19(28)21-26-20(27-34-21)13-3-2-4-15(9-13)29(31)32/h2-9,12,19H,10-11H2,1H3,(H,23,24)(H,25,30)/t19-/m0/s1. The highest BCUT2D eigenvalue weighted by Gasteiger charge is 2.36. The number of imidazole rings is 1. The van der Waals surface area contributed by atoms with Crippen LogP contribution in [0.5, 0.6) is 5.75 Å². The molecule has 2 aromatic heterocycles. The molecule has 34 heavy (non-hydrogen) atoms. The first-order valence-electron chi connectivity index (χ1n) is 10.3. The second-order valence-electron chi connectivity index (χ2n) is 7.60. The predicted octanol–water partition coefficient (Wildman–Crippen LogP) is 3.71. The van der Waals surface area contributed by atoms with Gasteiger partial charge in [-0.2, -0.15) is 4.98 Å². The molecule has 0 saturated carbocycles. The second-order valence-corrected chi connectivity index (χ2v) is 7.60. The van der Waals surface area contributed by atoms with Crippen LogP contribution in [-0.4, -0.2) is 43.1 Å². The molecule has 5 rings (SSSR count). The summed E-state index contributed by atoms with van der Waals surface area (Å²) >= 11 is 0. The summed E-state index contributed by atoms with van der Waals surface area (Å²) in [5.74, 6) is 1.08. The van der Waals surface area contributed by atoms with E-state index in [1.807, 2.05) is 0 Å². The first-order valence-corrected chi connectivity index (χ1v) is 10.3. The van der Waals surface area contributed by atoms with Crippen LogP contribution < -0.4 is 10.1 Å². The van der Waals surface area contributed by atoms with Gasteiger partial charge in [-0.15, -0.1) is 0 Å². The van der Waals surface area contributed by atoms with Crippen molar-refractivity contribution in [1.29, 1.82) is 0 Å². The van der Waals surface area contributed by atoms with E-state index < -0.39 is 11.0 Å². The van der Waals surface area contributed by atoms with E-state index in [1.54, 1.807) is 54.7 Å². The number of ether oxygens (including phenoxy) is 1. The third-order valence-electron chi connectivity index (χ3n) is 5.54. The molecule has 172 valence electrons. The summed E-state index contributed by atoms with van der Waals surface area (Å²) in [6.45, 7) is 0.260. The zero-order valence-corrected chi connectivity index (χ0v) is 18.0. The van der Waals surface area contributed by atoms with E-state index in [9.17, 15) is 14.9 Å². The van der Waals surface area contributed by atoms with Crippen LogP contribution in [0.3, 0.4) is 0 Å². The number of hydrogen-bond acceptors (Lipinski definition) is 8. The molecular formula is C22H19N7O5. The molecule has 2 amide bonds. The number of benzene rings is 2. The van der Waals surface area contributed by atoms with Crippen LogP contribution in [0.25, 0.3) is 11.4 Å². The second kappa shape index (κ2) is 8.65. The first-order chi connectivity index (χ1) is 16.5. The highest BCUT2D eigenvalue weighted by molar-refractivity contribution is 5.89. The number of carbonyl (C=O) groups is 1. The van der Waals surface area contributed by atoms with Gasteiger partial charge in [0.05, 0.1) is 36.3 Å². The molecule has 0 spiro atoms. The zero-order valence-electron chi connectivity index (χ0n) is 18.0. The average Bonchev–Trinajstić information content (AvgIpc) is 3.53. The maximum absolute atomic E-state index is 13.2. The molecule has 0 radical (unpaired) electrons. The Bertz CT molecular complexity index is 1350. The molecule has 0 saturated heterocycles. The number of H-pyrrole nitrogens is 1. The highest BCUT2D eigenvalue weighted by Crippen LogP contribution is 2.33. The van der Waals surface area contributed by atoms with Gasteiger partial charge in [-0.25, -0.2) is 9.78 Å². The number of fused-ring (bicyclic) bond motifs is 1. The van der Waals surface area contributed by atoms with E-state index in [0.29, 0.717) is 23.4 Å². The summed E-state index contributed by atoms with van der Waals surface area (Å²) in [4.78, 5) is 37.3. The van der Waals surface area contributed by atoms with Gasteiger partial charge < -0.3 is 24.5 Å². The molecular weight excluding hydrogens is 442 g/mol. The van der Waals surface area contributed by atoms with Crippen molar-refractivity contribution >= 4 is 17.4 Å². The van der Waals surface area contributed by atoms with Crippen LogP contribution in [0.1, 0.15) is 23.3 Å². The lowest BCUT2D eigenvalue weighted by Gasteiger charge is -2.32. The molecule has 0 unspecified atom stereocenters. The fourth-order valence-corrected chi connectivity index (χ4v) is 3.79. The minimum atomic E-state index is -0.575. The monoisotopic (exact) mass is 461 g/mol. The minimum Gasteiger partial charge on any atom is -0.497 e. The van der Waals surface area contributed by atoms with Gasteiger partial charge in [0.25, 0.3) is 5.69 Å². The number of anilines is 1. The third kappa shape index (κ3) is 4.03. The Morgan fingerprint density at radius 3 is 2.88 bits per heavy atom. The molecule has 4 aromatic rings. The Hall–Kier alpha value is -4.74. The number of nitro benzene ring substituents is 1. The van der Waals surface area contributed by atoms with Gasteiger partial charge in [-0.1, -0.05) is 17.3 Å². The number of carbonyl (C=O) groups excluding carboxylic acids is 1. The number of urea groups is 1. The number of nitrogens with zero attached hydrogens (tertiary/aromatic N) is 5. The van der Waals surface area contributed by atoms with Crippen LogP contribution in [0.4, 0.5) is 16.2 Å². The smallest absolute Gasteiger partial charge is 0.322 e. The number of non-ortho nitro benzene ring substituents is 1. The SMILES string of the molecule is COc1ccc(NC(=O)N2Cc3[nH]cnc3C[C@H]2c2nc(-c3cccc([N+](=O)[O-])c3)no2)cc1. The molecule has 3 heterocycles. The molecule has 1 aliphatic heterocycles. The van der Waals surface area contributed by atoms with Crippen molar-refractivity contribution in [3.63, 3.8) is 0 Å². The lowest BCUT2D eigenvalue weighted by atomic mass is 10.0. The largest absolute Gasteiger partial charge is 0.497 e. The van der Waals surface area contributed by atoms with Gasteiger partial charge in [-0.3, -0.25) is 10.1 Å². The van der Waals surface area contributed by atoms with Gasteiger partial charge in [0.15, 0.2) is 0 Å². The summed E-state index contributed by atoms with van der Waals surface area (Å²) in [5, 5.41) is 18.0. The number of methoxy groups -OCH3 is 1. The number of nitro groups is 1. The van der Waals surface area contributed by atoms with E-state index in [2.05, 4.69) is 25.4 Å². The topological polar surface area (TPSA) is 152 Å². The van der Waals surface area contributed by atoms with Gasteiger partial charge in [-0.05, 0) is 24.3 Å². The lowest BCUT2D eigenvalue weighted by molar-refractivity contribution is -0.384. The van der Waals surface area contributed by atoms with E-state index in [1.165, 1.54) is 12.1 Å². The van der Waals surface area contributed by atoms with E-state index >= 15 is 0 Å². The van der Waals surface area contributed by atoms with Crippen molar-refractivity contribution in [3.8, 4) is 17.1 Å². The highest BCUT2D eigenvalue weighted by atomic mass is 16.6. The van der Waals surface area contributed by atoms with Gasteiger partial charge >= 0.3 is 6.03 Å². The Kier molecular flexibility index (Phi) is 5.38. The van der Waals surface area contributed by atoms with Crippen molar-refractivity contribution < 1.29 is 19.0 Å². The van der Waals surface area contributed by atoms with E-state index in [-0.39, 0.29) is 30.0 Å². The third-order valence-corrected chi connectivity index (χ3v) is 5.54.